The van der Waals surface area contributed by atoms with E-state index >= 15 is 0 Å². The third-order valence-electron chi connectivity index (χ3n) is 5.81. The number of hydrogen-bond acceptors (Lipinski definition) is 4. The highest BCUT2D eigenvalue weighted by Gasteiger charge is 2.34. The Kier molecular flexibility index (Phi) is 9.74. The van der Waals surface area contributed by atoms with Crippen molar-refractivity contribution in [1.82, 2.24) is 10.2 Å². The molecule has 10 heteroatoms. The summed E-state index contributed by atoms with van der Waals surface area (Å²) in [5.41, 5.74) is 1.05. The smallest absolute Gasteiger partial charge is 0.244 e. The number of benzene rings is 3. The monoisotopic (exact) mass is 573 g/mol. The largest absolute Gasteiger partial charge is 0.350 e. The van der Waals surface area contributed by atoms with E-state index in [1.807, 2.05) is 51.1 Å². The van der Waals surface area contributed by atoms with Crippen molar-refractivity contribution in [3.05, 3.63) is 101 Å². The highest BCUT2D eigenvalue weighted by Crippen LogP contribution is 2.22. The standard InChI is InChI=1S/C29H33ClFN3O4S/c1-29(2,3)32-28(36)26(18-21-9-6-5-7-10-21)33(19-22-11-8-12-23(30)17-22)27(35)20-34(39(4,37)38)25-15-13-24(31)14-16-25/h5-17,26H,18-20H2,1-4H3,(H,32,36)/t26-/m0/s1. The van der Waals surface area contributed by atoms with Crippen molar-refractivity contribution in [2.24, 2.45) is 0 Å². The number of hydrogen-bond donors (Lipinski definition) is 1. The van der Waals surface area contributed by atoms with Gasteiger partial charge in [0.05, 0.1) is 11.9 Å². The molecule has 0 saturated heterocycles. The second kappa shape index (κ2) is 12.6. The van der Waals surface area contributed by atoms with Gasteiger partial charge in [0.1, 0.15) is 18.4 Å². The molecule has 0 radical (unpaired) electrons. The van der Waals surface area contributed by atoms with Gasteiger partial charge in [-0.2, -0.15) is 0 Å². The number of amides is 2. The molecule has 39 heavy (non-hydrogen) atoms. The molecule has 0 heterocycles. The van der Waals surface area contributed by atoms with Gasteiger partial charge < -0.3 is 10.2 Å². The maximum atomic E-state index is 14.0. The molecule has 3 aromatic rings. The Hall–Kier alpha value is -3.43. The van der Waals surface area contributed by atoms with Gasteiger partial charge in [-0.1, -0.05) is 54.1 Å². The molecular formula is C29H33ClFN3O4S. The average molecular weight is 574 g/mol. The van der Waals surface area contributed by atoms with Gasteiger partial charge in [-0.25, -0.2) is 12.8 Å². The number of carbonyl (C=O) groups is 2. The lowest BCUT2D eigenvalue weighted by Gasteiger charge is -2.35. The van der Waals surface area contributed by atoms with Crippen LogP contribution in [0.1, 0.15) is 31.9 Å². The van der Waals surface area contributed by atoms with Crippen molar-refractivity contribution < 1.29 is 22.4 Å². The molecule has 0 bridgehead atoms. The Balaban J connectivity index is 2.07. The van der Waals surface area contributed by atoms with Crippen LogP contribution in [0.3, 0.4) is 0 Å². The first kappa shape index (κ1) is 30.1. The van der Waals surface area contributed by atoms with Gasteiger partial charge in [0.2, 0.25) is 21.8 Å². The van der Waals surface area contributed by atoms with Gasteiger partial charge in [-0.3, -0.25) is 13.9 Å². The van der Waals surface area contributed by atoms with Gasteiger partial charge in [0.25, 0.3) is 0 Å². The molecule has 0 saturated carbocycles. The van der Waals surface area contributed by atoms with Crippen LogP contribution in [-0.4, -0.2) is 49.5 Å². The molecule has 208 valence electrons. The van der Waals surface area contributed by atoms with Crippen molar-refractivity contribution in [1.29, 1.82) is 0 Å². The topological polar surface area (TPSA) is 86.8 Å². The number of carbonyl (C=O) groups excluding carboxylic acids is 2. The number of anilines is 1. The van der Waals surface area contributed by atoms with E-state index in [0.29, 0.717) is 10.6 Å². The highest BCUT2D eigenvalue weighted by atomic mass is 35.5. The summed E-state index contributed by atoms with van der Waals surface area (Å²) in [5, 5.41) is 3.42. The molecule has 3 aromatic carbocycles. The predicted molar refractivity (Wildman–Crippen MR) is 152 cm³/mol. The molecule has 0 aliphatic carbocycles. The maximum Gasteiger partial charge on any atom is 0.244 e. The minimum Gasteiger partial charge on any atom is -0.350 e. The summed E-state index contributed by atoms with van der Waals surface area (Å²) in [4.78, 5) is 29.0. The fourth-order valence-electron chi connectivity index (χ4n) is 4.06. The third-order valence-corrected chi connectivity index (χ3v) is 7.18. The molecule has 0 aliphatic rings. The molecule has 0 aromatic heterocycles. The van der Waals surface area contributed by atoms with Gasteiger partial charge >= 0.3 is 0 Å². The number of nitrogens with zero attached hydrogens (tertiary/aromatic N) is 2. The van der Waals surface area contributed by atoms with Gasteiger partial charge in [0.15, 0.2) is 0 Å². The van der Waals surface area contributed by atoms with E-state index in [2.05, 4.69) is 5.32 Å². The molecular weight excluding hydrogens is 541 g/mol. The molecule has 0 fully saturated rings. The van der Waals surface area contributed by atoms with Crippen LogP contribution in [0.25, 0.3) is 0 Å². The van der Waals surface area contributed by atoms with E-state index in [0.717, 1.165) is 28.3 Å². The highest BCUT2D eigenvalue weighted by molar-refractivity contribution is 7.92. The second-order valence-corrected chi connectivity index (χ2v) is 12.7. The molecule has 2 amide bonds. The van der Waals surface area contributed by atoms with Crippen LogP contribution in [-0.2, 0) is 32.6 Å². The fraction of sp³-hybridized carbons (Fsp3) is 0.310. The minimum atomic E-state index is -3.93. The van der Waals surface area contributed by atoms with E-state index < -0.39 is 39.9 Å². The average Bonchev–Trinajstić information content (AvgIpc) is 2.84. The molecule has 3 rings (SSSR count). The Morgan fingerprint density at radius 1 is 0.949 bits per heavy atom. The zero-order chi connectivity index (χ0) is 28.8. The lowest BCUT2D eigenvalue weighted by Crippen LogP contribution is -2.56. The van der Waals surface area contributed by atoms with Crippen LogP contribution < -0.4 is 9.62 Å². The first-order valence-electron chi connectivity index (χ1n) is 12.4. The maximum absolute atomic E-state index is 14.0. The van der Waals surface area contributed by atoms with E-state index in [-0.39, 0.29) is 24.6 Å². The second-order valence-electron chi connectivity index (χ2n) is 10.3. The minimum absolute atomic E-state index is 0.00940. The van der Waals surface area contributed by atoms with Gasteiger partial charge in [-0.15, -0.1) is 0 Å². The number of sulfonamides is 1. The summed E-state index contributed by atoms with van der Waals surface area (Å²) < 4.78 is 39.9. The van der Waals surface area contributed by atoms with Crippen molar-refractivity contribution >= 4 is 39.1 Å². The van der Waals surface area contributed by atoms with Crippen LogP contribution in [0.4, 0.5) is 10.1 Å². The normalized spacial score (nSPS) is 12.5. The van der Waals surface area contributed by atoms with Crippen LogP contribution >= 0.6 is 11.6 Å². The van der Waals surface area contributed by atoms with Crippen molar-refractivity contribution in [3.63, 3.8) is 0 Å². The Bertz CT molecular complexity index is 1390. The number of halogens is 2. The van der Waals surface area contributed by atoms with E-state index in [1.165, 1.54) is 17.0 Å². The first-order chi connectivity index (χ1) is 18.2. The van der Waals surface area contributed by atoms with Gasteiger partial charge in [0, 0.05) is 23.5 Å². The molecule has 1 atom stereocenters. The van der Waals surface area contributed by atoms with Crippen molar-refractivity contribution in [3.8, 4) is 0 Å². The number of rotatable bonds is 10. The zero-order valence-corrected chi connectivity index (χ0v) is 24.0. The molecule has 1 N–H and O–H groups in total. The molecule has 0 aliphatic heterocycles. The lowest BCUT2D eigenvalue weighted by molar-refractivity contribution is -0.140. The lowest BCUT2D eigenvalue weighted by atomic mass is 10.0. The van der Waals surface area contributed by atoms with Crippen LogP contribution in [0.2, 0.25) is 5.02 Å². The molecule has 0 unspecified atom stereocenters. The van der Waals surface area contributed by atoms with Crippen molar-refractivity contribution in [2.75, 3.05) is 17.1 Å². The Labute approximate surface area is 234 Å². The summed E-state index contributed by atoms with van der Waals surface area (Å²) in [7, 11) is -3.93. The summed E-state index contributed by atoms with van der Waals surface area (Å²) >= 11 is 6.20. The van der Waals surface area contributed by atoms with E-state index in [4.69, 9.17) is 11.6 Å². The Morgan fingerprint density at radius 3 is 2.13 bits per heavy atom. The predicted octanol–water partition coefficient (Wildman–Crippen LogP) is 4.80. The molecule has 7 nitrogen and oxygen atoms in total. The summed E-state index contributed by atoms with van der Waals surface area (Å²) in [6, 6.07) is 20.0. The van der Waals surface area contributed by atoms with Crippen LogP contribution in [0, 0.1) is 5.82 Å². The summed E-state index contributed by atoms with van der Waals surface area (Å²) in [6.45, 7) is 4.95. The van der Waals surface area contributed by atoms with E-state index in [1.54, 1.807) is 24.3 Å². The fourth-order valence-corrected chi connectivity index (χ4v) is 5.12. The van der Waals surface area contributed by atoms with Crippen molar-refractivity contribution in [2.45, 2.75) is 45.3 Å². The van der Waals surface area contributed by atoms with Crippen LogP contribution in [0.5, 0.6) is 0 Å². The first-order valence-corrected chi connectivity index (χ1v) is 14.6. The van der Waals surface area contributed by atoms with Crippen LogP contribution in [0.15, 0.2) is 78.9 Å². The summed E-state index contributed by atoms with van der Waals surface area (Å²) in [5.74, 6) is -1.52. The zero-order valence-electron chi connectivity index (χ0n) is 22.4. The SMILES string of the molecule is CC(C)(C)NC(=O)[C@H](Cc1ccccc1)N(Cc1cccc(Cl)c1)C(=O)CN(c1ccc(F)cc1)S(C)(=O)=O. The number of nitrogens with one attached hydrogen (secondary N) is 1. The van der Waals surface area contributed by atoms with E-state index in [9.17, 15) is 22.4 Å². The third kappa shape index (κ3) is 9.07. The van der Waals surface area contributed by atoms with Gasteiger partial charge in [-0.05, 0) is 68.3 Å². The Morgan fingerprint density at radius 2 is 1.56 bits per heavy atom. The summed E-state index contributed by atoms with van der Waals surface area (Å²) in [6.07, 6.45) is 1.17. The quantitative estimate of drug-likeness (QED) is 0.377. The molecule has 0 spiro atoms.